The second-order valence-corrected chi connectivity index (χ2v) is 8.54. The van der Waals surface area contributed by atoms with Crippen LogP contribution in [0.1, 0.15) is 28.3 Å². The van der Waals surface area contributed by atoms with Crippen LogP contribution in [0.2, 0.25) is 0 Å². The zero-order valence-corrected chi connectivity index (χ0v) is 16.2. The van der Waals surface area contributed by atoms with Crippen molar-refractivity contribution in [1.82, 2.24) is 15.2 Å². The van der Waals surface area contributed by atoms with Gasteiger partial charge < -0.3 is 10.2 Å². The zero-order valence-electron chi connectivity index (χ0n) is 13.7. The number of hydrogen-bond acceptors (Lipinski definition) is 5. The van der Waals surface area contributed by atoms with E-state index in [1.807, 2.05) is 18.3 Å². The summed E-state index contributed by atoms with van der Waals surface area (Å²) in [6.07, 6.45) is 2.95. The first-order valence-electron chi connectivity index (χ1n) is 8.24. The van der Waals surface area contributed by atoms with E-state index in [9.17, 15) is 4.79 Å². The molecule has 2 aromatic heterocycles. The fraction of sp³-hybridized carbons (Fsp3) is 0.529. The van der Waals surface area contributed by atoms with E-state index in [0.29, 0.717) is 5.91 Å². The minimum absolute atomic E-state index is 0. The SMILES string of the molecule is Cc1nc(-c2cc3c(s2)CCN(C(=O)C2CCNCC2)C3)cs1.Cl. The van der Waals surface area contributed by atoms with Gasteiger partial charge in [0.05, 0.1) is 15.6 Å². The molecular formula is C17H22ClN3OS2. The molecule has 1 fully saturated rings. The van der Waals surface area contributed by atoms with Crippen LogP contribution in [0.4, 0.5) is 0 Å². The summed E-state index contributed by atoms with van der Waals surface area (Å²) >= 11 is 3.54. The van der Waals surface area contributed by atoms with Gasteiger partial charge in [0.15, 0.2) is 0 Å². The van der Waals surface area contributed by atoms with Crippen molar-refractivity contribution < 1.29 is 4.79 Å². The summed E-state index contributed by atoms with van der Waals surface area (Å²) in [6.45, 7) is 5.63. The Bertz CT molecular complexity index is 721. The van der Waals surface area contributed by atoms with Crippen molar-refractivity contribution in [2.24, 2.45) is 5.92 Å². The van der Waals surface area contributed by atoms with Crippen molar-refractivity contribution in [2.45, 2.75) is 32.7 Å². The maximum atomic E-state index is 12.7. The first-order chi connectivity index (χ1) is 11.2. The summed E-state index contributed by atoms with van der Waals surface area (Å²) < 4.78 is 0. The standard InChI is InChI=1S/C17H21N3OS2.ClH/c1-11-19-14(10-22-11)16-8-13-9-20(7-4-15(13)23-16)17(21)12-2-5-18-6-3-12;/h8,10,12,18H,2-7,9H2,1H3;1H. The van der Waals surface area contributed by atoms with E-state index in [1.54, 1.807) is 11.3 Å². The van der Waals surface area contributed by atoms with Gasteiger partial charge >= 0.3 is 0 Å². The predicted octanol–water partition coefficient (Wildman–Crippen LogP) is 3.49. The molecule has 4 rings (SSSR count). The zero-order chi connectivity index (χ0) is 15.8. The number of amides is 1. The average Bonchev–Trinajstić information content (AvgIpc) is 3.20. The van der Waals surface area contributed by atoms with Gasteiger partial charge in [-0.2, -0.15) is 0 Å². The maximum Gasteiger partial charge on any atom is 0.226 e. The summed E-state index contributed by atoms with van der Waals surface area (Å²) in [6, 6.07) is 2.25. The number of carbonyl (C=O) groups is 1. The van der Waals surface area contributed by atoms with Crippen LogP contribution in [0.15, 0.2) is 11.4 Å². The summed E-state index contributed by atoms with van der Waals surface area (Å²) in [4.78, 5) is 22.1. The van der Waals surface area contributed by atoms with Crippen molar-refractivity contribution in [1.29, 1.82) is 0 Å². The highest BCUT2D eigenvalue weighted by molar-refractivity contribution is 7.16. The molecule has 0 saturated carbocycles. The van der Waals surface area contributed by atoms with E-state index < -0.39 is 0 Å². The number of nitrogens with one attached hydrogen (secondary N) is 1. The minimum atomic E-state index is 0. The number of nitrogens with zero attached hydrogens (tertiary/aromatic N) is 2. The molecule has 0 spiro atoms. The van der Waals surface area contributed by atoms with Crippen LogP contribution in [0, 0.1) is 12.8 Å². The van der Waals surface area contributed by atoms with Gasteiger partial charge in [0.2, 0.25) is 5.91 Å². The van der Waals surface area contributed by atoms with Gasteiger partial charge in [-0.1, -0.05) is 0 Å². The second kappa shape index (κ2) is 7.52. The van der Waals surface area contributed by atoms with Gasteiger partial charge in [-0.3, -0.25) is 4.79 Å². The van der Waals surface area contributed by atoms with E-state index in [4.69, 9.17) is 0 Å². The number of thiophene rings is 1. The molecular weight excluding hydrogens is 362 g/mol. The lowest BCUT2D eigenvalue weighted by Gasteiger charge is -2.32. The van der Waals surface area contributed by atoms with Crippen molar-refractivity contribution in [3.8, 4) is 10.6 Å². The second-order valence-electron chi connectivity index (χ2n) is 6.34. The number of rotatable bonds is 2. The number of halogens is 1. The molecule has 1 amide bonds. The summed E-state index contributed by atoms with van der Waals surface area (Å²) in [5.41, 5.74) is 2.41. The van der Waals surface area contributed by atoms with Crippen LogP contribution in [0.3, 0.4) is 0 Å². The van der Waals surface area contributed by atoms with Gasteiger partial charge in [0.25, 0.3) is 0 Å². The van der Waals surface area contributed by atoms with Gasteiger partial charge in [-0.25, -0.2) is 4.98 Å². The lowest BCUT2D eigenvalue weighted by Crippen LogP contribution is -2.42. The Balaban J connectivity index is 0.00000169. The van der Waals surface area contributed by atoms with Crippen molar-refractivity contribution in [2.75, 3.05) is 19.6 Å². The molecule has 0 atom stereocenters. The molecule has 0 bridgehead atoms. The smallest absolute Gasteiger partial charge is 0.226 e. The maximum absolute atomic E-state index is 12.7. The lowest BCUT2D eigenvalue weighted by molar-refractivity contribution is -0.137. The average molecular weight is 384 g/mol. The molecule has 0 radical (unpaired) electrons. The Labute approximate surface area is 156 Å². The number of fused-ring (bicyclic) bond motifs is 1. The highest BCUT2D eigenvalue weighted by Crippen LogP contribution is 2.35. The Kier molecular flexibility index (Phi) is 5.59. The largest absolute Gasteiger partial charge is 0.338 e. The molecule has 2 aliphatic rings. The number of piperidine rings is 1. The molecule has 0 aromatic carbocycles. The van der Waals surface area contributed by atoms with Gasteiger partial charge in [0, 0.05) is 29.3 Å². The number of aryl methyl sites for hydroxylation is 1. The molecule has 1 N–H and O–H groups in total. The highest BCUT2D eigenvalue weighted by Gasteiger charge is 2.29. The van der Waals surface area contributed by atoms with Crippen LogP contribution < -0.4 is 5.32 Å². The van der Waals surface area contributed by atoms with Crippen LogP contribution >= 0.6 is 35.1 Å². The molecule has 1 saturated heterocycles. The van der Waals surface area contributed by atoms with Crippen molar-refractivity contribution in [3.05, 3.63) is 26.9 Å². The van der Waals surface area contributed by atoms with E-state index in [-0.39, 0.29) is 18.3 Å². The fourth-order valence-corrected chi connectivity index (χ4v) is 5.26. The highest BCUT2D eigenvalue weighted by atomic mass is 35.5. The molecule has 2 aliphatic heterocycles. The first kappa shape index (κ1) is 17.9. The molecule has 4 heterocycles. The van der Waals surface area contributed by atoms with Crippen LogP contribution in [-0.2, 0) is 17.8 Å². The van der Waals surface area contributed by atoms with E-state index in [2.05, 4.69) is 26.6 Å². The molecule has 2 aromatic rings. The molecule has 130 valence electrons. The third-order valence-corrected chi connectivity index (χ3v) is 6.77. The van der Waals surface area contributed by atoms with Crippen LogP contribution in [0.25, 0.3) is 10.6 Å². The van der Waals surface area contributed by atoms with Gasteiger partial charge in [-0.15, -0.1) is 35.1 Å². The summed E-state index contributed by atoms with van der Waals surface area (Å²) in [7, 11) is 0. The van der Waals surface area contributed by atoms with E-state index >= 15 is 0 Å². The fourth-order valence-electron chi connectivity index (χ4n) is 3.45. The monoisotopic (exact) mass is 383 g/mol. The van der Waals surface area contributed by atoms with Crippen LogP contribution in [-0.4, -0.2) is 35.4 Å². The third kappa shape index (κ3) is 3.52. The number of hydrogen-bond donors (Lipinski definition) is 1. The predicted molar refractivity (Wildman–Crippen MR) is 102 cm³/mol. The molecule has 7 heteroatoms. The molecule has 4 nitrogen and oxygen atoms in total. The molecule has 0 unspecified atom stereocenters. The van der Waals surface area contributed by atoms with Crippen molar-refractivity contribution in [3.63, 3.8) is 0 Å². The van der Waals surface area contributed by atoms with Gasteiger partial charge in [-0.05, 0) is 50.9 Å². The Morgan fingerprint density at radius 3 is 2.88 bits per heavy atom. The van der Waals surface area contributed by atoms with E-state index in [1.165, 1.54) is 15.3 Å². The van der Waals surface area contributed by atoms with Crippen LogP contribution in [0.5, 0.6) is 0 Å². The molecule has 24 heavy (non-hydrogen) atoms. The summed E-state index contributed by atoms with van der Waals surface area (Å²) in [5, 5.41) is 6.57. The Hall–Kier alpha value is -0.950. The lowest BCUT2D eigenvalue weighted by atomic mass is 9.95. The Morgan fingerprint density at radius 2 is 2.17 bits per heavy atom. The quantitative estimate of drug-likeness (QED) is 0.863. The first-order valence-corrected chi connectivity index (χ1v) is 9.94. The van der Waals surface area contributed by atoms with Gasteiger partial charge in [0.1, 0.15) is 0 Å². The Morgan fingerprint density at radius 1 is 1.38 bits per heavy atom. The van der Waals surface area contributed by atoms with Crippen molar-refractivity contribution >= 4 is 41.0 Å². The number of carbonyl (C=O) groups excluding carboxylic acids is 1. The number of thiazole rings is 1. The normalized spacial score (nSPS) is 18.1. The van der Waals surface area contributed by atoms with E-state index in [0.717, 1.165) is 56.1 Å². The topological polar surface area (TPSA) is 45.2 Å². The molecule has 0 aliphatic carbocycles. The summed E-state index contributed by atoms with van der Waals surface area (Å²) in [5.74, 6) is 0.575. The minimum Gasteiger partial charge on any atom is -0.338 e. The number of aromatic nitrogens is 1. The third-order valence-electron chi connectivity index (χ3n) is 4.74.